The zero-order chi connectivity index (χ0) is 50.1. The highest BCUT2D eigenvalue weighted by Gasteiger charge is 2.55. The number of rotatable bonds is 19. The van der Waals surface area contributed by atoms with Crippen LogP contribution in [-0.2, 0) is 42.5 Å². The maximum atomic E-state index is 16.5. The van der Waals surface area contributed by atoms with Crippen LogP contribution in [0.15, 0.2) is 83.0 Å². The number of alkyl halides is 2. The van der Waals surface area contributed by atoms with Gasteiger partial charge in [0.2, 0.25) is 0 Å². The summed E-state index contributed by atoms with van der Waals surface area (Å²) in [6.45, 7) is -3.62. The Morgan fingerprint density at radius 2 is 1.44 bits per heavy atom. The van der Waals surface area contributed by atoms with Gasteiger partial charge in [0.05, 0.1) is 31.7 Å². The lowest BCUT2D eigenvalue weighted by molar-refractivity contribution is -0.0619. The Bertz CT molecular complexity index is 2810. The minimum Gasteiger partial charge on any atom is -0.494 e. The number of H-pyrrole nitrogens is 1. The van der Waals surface area contributed by atoms with Gasteiger partial charge in [0.1, 0.15) is 47.8 Å². The van der Waals surface area contributed by atoms with E-state index in [4.69, 9.17) is 42.8 Å². The number of nitrogens with two attached hydrogens (primary N) is 1. The lowest BCUT2D eigenvalue weighted by Gasteiger charge is -2.29. The molecule has 3 aliphatic heterocycles. The van der Waals surface area contributed by atoms with Gasteiger partial charge in [0.15, 0.2) is 36.3 Å². The van der Waals surface area contributed by atoms with Crippen LogP contribution in [0.1, 0.15) is 99.5 Å². The molecule has 0 amide bonds. The van der Waals surface area contributed by atoms with Gasteiger partial charge in [-0.05, 0) is 59.8 Å². The number of nitrogens with one attached hydrogen (secondary N) is 1. The van der Waals surface area contributed by atoms with Gasteiger partial charge in [-0.25, -0.2) is 42.5 Å². The fraction of sp³-hybridized carbons (Fsp3) is 0.511. The second-order valence-electron chi connectivity index (χ2n) is 17.1. The van der Waals surface area contributed by atoms with E-state index in [1.165, 1.54) is 69.8 Å². The quantitative estimate of drug-likeness (QED) is 0.0307. The third-order valence-corrected chi connectivity index (χ3v) is 16.6. The van der Waals surface area contributed by atoms with Crippen LogP contribution < -0.4 is 26.5 Å². The highest BCUT2D eigenvalue weighted by molar-refractivity contribution is 8.54. The van der Waals surface area contributed by atoms with Crippen LogP contribution in [0.3, 0.4) is 0 Å². The summed E-state index contributed by atoms with van der Waals surface area (Å²) in [4.78, 5) is 62.5. The molecule has 2 unspecified atom stereocenters. The number of esters is 1. The van der Waals surface area contributed by atoms with Gasteiger partial charge in [-0.3, -0.25) is 37.0 Å². The Balaban J connectivity index is 0.926. The highest BCUT2D eigenvalue weighted by atomic mass is 32.7. The van der Waals surface area contributed by atoms with E-state index in [0.29, 0.717) is 39.4 Å². The zero-order valence-corrected chi connectivity index (χ0v) is 41.2. The Kier molecular flexibility index (Phi) is 17.6. The summed E-state index contributed by atoms with van der Waals surface area (Å²) in [6.07, 6.45) is 0.470. The van der Waals surface area contributed by atoms with Crippen molar-refractivity contribution in [2.24, 2.45) is 0 Å². The molecular formula is C45H55F2N7O14P2S. The smallest absolute Gasteiger partial charge is 0.472 e. The van der Waals surface area contributed by atoms with E-state index in [1.54, 1.807) is 36.4 Å². The first kappa shape index (κ1) is 52.5. The number of hydrogen-bond acceptors (Lipinski definition) is 18. The second-order valence-corrected chi connectivity index (χ2v) is 22.6. The van der Waals surface area contributed by atoms with E-state index in [1.807, 2.05) is 4.98 Å². The Morgan fingerprint density at radius 3 is 2.11 bits per heavy atom. The maximum absolute atomic E-state index is 16.5. The Hall–Kier alpha value is -4.87. The summed E-state index contributed by atoms with van der Waals surface area (Å²) in [5.74, 6) is 0.0992. The molecule has 4 N–H and O–H groups in total. The third-order valence-electron chi connectivity index (χ3n) is 12.0. The van der Waals surface area contributed by atoms with Crippen LogP contribution in [0.5, 0.6) is 11.5 Å². The summed E-state index contributed by atoms with van der Waals surface area (Å²) in [7, 11) is -5.24. The number of phosphoric acid groups is 1. The summed E-state index contributed by atoms with van der Waals surface area (Å²) < 4.78 is 109. The number of hydrogen-bond donors (Lipinski definition) is 3. The predicted molar refractivity (Wildman–Crippen MR) is 254 cm³/mol. The van der Waals surface area contributed by atoms with Gasteiger partial charge in [-0.2, -0.15) is 0 Å². The van der Waals surface area contributed by atoms with Gasteiger partial charge < -0.3 is 29.6 Å². The molecular weight excluding hydrogens is 995 g/mol. The lowest BCUT2D eigenvalue weighted by Crippen LogP contribution is -2.38. The van der Waals surface area contributed by atoms with Gasteiger partial charge in [0.25, 0.3) is 5.56 Å². The predicted octanol–water partition coefficient (Wildman–Crippen LogP) is 7.91. The molecule has 0 saturated carbocycles. The maximum Gasteiger partial charge on any atom is 0.472 e. The number of benzene rings is 2. The molecule has 0 bridgehead atoms. The number of phosphoric ester groups is 1. The number of anilines is 1. The molecule has 26 heteroatoms. The summed E-state index contributed by atoms with van der Waals surface area (Å²) >= 11 is 0.597. The molecule has 71 heavy (non-hydrogen) atoms. The van der Waals surface area contributed by atoms with Crippen LogP contribution in [0, 0.1) is 0 Å². The average Bonchev–Trinajstić information content (AvgIpc) is 4.01. The standard InChI is InChI=1S/C45H55F2N7O14P2S/c1-2-3-4-5-6-7-8-9-10-11-22-61-30-18-14-29(15-19-30)44(56)64-31-16-12-28(13-17-31)25-71-70(60)63-24-33-38(35(46)43(66-33)54-27-51-37-40(48)49-26-50-41(37)54)67-69(58,59)62-23-32-39(68-70)36(47)42(65-32)53-21-20-34(55)52-45(53)57/h12-21,26-27,32-33,35-36,38-39,42-43H,2-11,22-25H2,1H3,(H,58,59)(H2,48,49,50)(H,52,55,57)/t32-,33-,35-,36-,38-,39-,42-,43-,70?/m1/s1. The van der Waals surface area contributed by atoms with Crippen LogP contribution in [0.2, 0.25) is 0 Å². The van der Waals surface area contributed by atoms with E-state index >= 15 is 8.78 Å². The summed E-state index contributed by atoms with van der Waals surface area (Å²) in [6, 6.07) is 13.8. The summed E-state index contributed by atoms with van der Waals surface area (Å²) in [5, 5.41) is 0. The van der Waals surface area contributed by atoms with Crippen LogP contribution in [-0.4, -0.2) is 96.5 Å². The molecule has 10 atom stereocenters. The minimum absolute atomic E-state index is 0.0137. The van der Waals surface area contributed by atoms with Crippen molar-refractivity contribution in [2.75, 3.05) is 25.6 Å². The van der Waals surface area contributed by atoms with Crippen molar-refractivity contribution >= 4 is 49.0 Å². The molecule has 3 aromatic heterocycles. The number of fused-ring (bicyclic) bond motifs is 3. The van der Waals surface area contributed by atoms with Crippen molar-refractivity contribution in [3.63, 3.8) is 0 Å². The molecule has 6 heterocycles. The number of imidazole rings is 1. The number of carbonyl (C=O) groups excluding carboxylic acids is 1. The zero-order valence-electron chi connectivity index (χ0n) is 38.6. The first-order chi connectivity index (χ1) is 34.2. The minimum atomic E-state index is -5.24. The fourth-order valence-corrected chi connectivity index (χ4v) is 12.6. The normalized spacial score (nSPS) is 27.9. The SMILES string of the molecule is CCCCCCCCCCCCOc1ccc(C(=O)Oc2ccc(CSP3(=O)OC[C@H]4O[C@@H](n5cnc6c(N)ncnc65)[C@H](F)[C@@H]4OP(=O)(O)OC[C@H]4O[C@@H](n5ccc(=O)[nH]c5=O)[C@H](F)[C@@H]4O3)cc2)cc1. The number of unbranched alkanes of at least 4 members (excludes halogenated alkanes) is 9. The van der Waals surface area contributed by atoms with Crippen molar-refractivity contribution in [3.05, 3.63) is 105 Å². The molecule has 21 nitrogen and oxygen atoms in total. The van der Waals surface area contributed by atoms with E-state index in [-0.39, 0.29) is 28.5 Å². The second kappa shape index (κ2) is 23.8. The van der Waals surface area contributed by atoms with Crippen molar-refractivity contribution in [2.45, 2.75) is 126 Å². The molecule has 3 aliphatic rings. The molecule has 8 rings (SSSR count). The first-order valence-corrected chi connectivity index (χ1v) is 27.9. The molecule has 0 spiro atoms. The number of nitrogens with zero attached hydrogens (tertiary/aromatic N) is 5. The lowest BCUT2D eigenvalue weighted by atomic mass is 10.1. The monoisotopic (exact) mass is 1050 g/mol. The molecule has 384 valence electrons. The number of carbonyl (C=O) groups is 1. The van der Waals surface area contributed by atoms with Gasteiger partial charge in [0, 0.05) is 18.0 Å². The molecule has 5 aromatic rings. The highest BCUT2D eigenvalue weighted by Crippen LogP contribution is 2.65. The van der Waals surface area contributed by atoms with Gasteiger partial charge in [-0.15, -0.1) is 0 Å². The topological polar surface area (TPSA) is 270 Å². The van der Waals surface area contributed by atoms with E-state index in [0.717, 1.165) is 36.0 Å². The third kappa shape index (κ3) is 13.2. The molecule has 0 aliphatic carbocycles. The van der Waals surface area contributed by atoms with E-state index in [9.17, 15) is 28.4 Å². The molecule has 3 saturated heterocycles. The van der Waals surface area contributed by atoms with Crippen molar-refractivity contribution in [3.8, 4) is 11.5 Å². The Labute approximate surface area is 409 Å². The average molecular weight is 1050 g/mol. The largest absolute Gasteiger partial charge is 0.494 e. The number of aromatic nitrogens is 6. The van der Waals surface area contributed by atoms with Gasteiger partial charge >= 0.3 is 26.3 Å². The number of ether oxygens (including phenoxy) is 4. The summed E-state index contributed by atoms with van der Waals surface area (Å²) in [5.41, 5.74) is 5.06. The number of nitrogen functional groups attached to an aromatic ring is 1. The molecule has 0 radical (unpaired) electrons. The van der Waals surface area contributed by atoms with Crippen molar-refractivity contribution in [1.82, 2.24) is 29.1 Å². The fourth-order valence-electron chi connectivity index (χ4n) is 8.24. The number of aromatic amines is 1. The van der Waals surface area contributed by atoms with Crippen LogP contribution >= 0.6 is 26.0 Å². The molecule has 3 fully saturated rings. The van der Waals surface area contributed by atoms with Gasteiger partial charge in [-0.1, -0.05) is 76.8 Å². The van der Waals surface area contributed by atoms with Crippen molar-refractivity contribution < 1.29 is 64.6 Å². The van der Waals surface area contributed by atoms with E-state index < -0.39 is 94.3 Å². The first-order valence-electron chi connectivity index (χ1n) is 23.3. The van der Waals surface area contributed by atoms with Crippen LogP contribution in [0.25, 0.3) is 11.2 Å². The van der Waals surface area contributed by atoms with Crippen molar-refractivity contribution in [1.29, 1.82) is 0 Å². The molecule has 2 aromatic carbocycles. The Morgan fingerprint density at radius 1 is 0.817 bits per heavy atom. The van der Waals surface area contributed by atoms with E-state index in [2.05, 4.69) is 21.9 Å². The number of halogens is 2. The van der Waals surface area contributed by atoms with Crippen LogP contribution in [0.4, 0.5) is 14.6 Å².